The van der Waals surface area contributed by atoms with E-state index in [0.29, 0.717) is 85.8 Å². The van der Waals surface area contributed by atoms with Gasteiger partial charge in [-0.1, -0.05) is 273 Å². The minimum Gasteiger partial charge on any atom is -0.255 e. The molecule has 0 atom stereocenters. The van der Waals surface area contributed by atoms with Crippen molar-refractivity contribution in [2.45, 2.75) is 0 Å². The van der Waals surface area contributed by atoms with Crippen molar-refractivity contribution >= 4 is 0 Å². The van der Waals surface area contributed by atoms with Gasteiger partial charge in [-0.15, -0.1) is 0 Å². The summed E-state index contributed by atoms with van der Waals surface area (Å²) in [7, 11) is 0. The van der Waals surface area contributed by atoms with Crippen LogP contribution in [-0.4, -0.2) is 59.8 Å². The summed E-state index contributed by atoms with van der Waals surface area (Å²) in [5.74, 6) is 4.31. The number of hydrogen-bond acceptors (Lipinski definition) is 15. The molecule has 13 aromatic carbocycles. The first kappa shape index (κ1) is 73.0. The van der Waals surface area contributed by atoms with Crippen LogP contribution in [0.15, 0.2) is 383 Å². The van der Waals surface area contributed by atoms with Crippen molar-refractivity contribution in [3.8, 4) is 221 Å². The Balaban J connectivity index is 0.655. The Kier molecular flexibility index (Phi) is 19.9. The molecule has 0 saturated heterocycles. The van der Waals surface area contributed by atoms with E-state index in [1.54, 1.807) is 55.0 Å². The minimum absolute atomic E-state index is 0.457. The van der Waals surface area contributed by atoms with Crippen LogP contribution in [-0.2, 0) is 0 Å². The lowest BCUT2D eigenvalue weighted by Crippen LogP contribution is -2.00. The Morgan fingerprint density at radius 2 is 0.350 bits per heavy atom. The third-order valence-corrected chi connectivity index (χ3v) is 20.9. The second-order valence-corrected chi connectivity index (χ2v) is 28.6. The van der Waals surface area contributed by atoms with Gasteiger partial charge in [-0.05, 0) is 158 Å². The van der Waals surface area contributed by atoms with Crippen molar-refractivity contribution in [2.75, 3.05) is 0 Å². The molecule has 0 radical (unpaired) electrons. The van der Waals surface area contributed by atoms with Crippen molar-refractivity contribution < 1.29 is 0 Å². The van der Waals surface area contributed by atoms with Gasteiger partial charge < -0.3 is 0 Å². The first-order valence-electron chi connectivity index (χ1n) is 38.9. The number of nitriles is 3. The van der Waals surface area contributed by atoms with Gasteiger partial charge in [0, 0.05) is 85.4 Å². The molecule has 0 fully saturated rings. The van der Waals surface area contributed by atoms with Crippen LogP contribution in [0.4, 0.5) is 0 Å². The molecule has 0 N–H and O–H groups in total. The molecule has 0 amide bonds. The van der Waals surface area contributed by atoms with Crippen LogP contribution >= 0.6 is 0 Å². The van der Waals surface area contributed by atoms with E-state index >= 15 is 0 Å². The third-order valence-electron chi connectivity index (χ3n) is 20.9. The van der Waals surface area contributed by atoms with Gasteiger partial charge in [0.25, 0.3) is 0 Å². The largest absolute Gasteiger partial charge is 0.255 e. The highest BCUT2D eigenvalue weighted by atomic mass is 15.1. The van der Waals surface area contributed by atoms with Crippen LogP contribution < -0.4 is 0 Å². The molecular formula is C105H63N15. The molecule has 120 heavy (non-hydrogen) atoms. The van der Waals surface area contributed by atoms with Crippen LogP contribution in [0.2, 0.25) is 0 Å². The van der Waals surface area contributed by atoms with Gasteiger partial charge in [-0.3, -0.25) is 15.0 Å². The van der Waals surface area contributed by atoms with Crippen molar-refractivity contribution in [1.82, 2.24) is 59.8 Å². The predicted molar refractivity (Wildman–Crippen MR) is 472 cm³/mol. The summed E-state index contributed by atoms with van der Waals surface area (Å²) >= 11 is 0. The fourth-order valence-corrected chi connectivity index (χ4v) is 14.8. The molecule has 0 saturated carbocycles. The minimum atomic E-state index is 0.457. The van der Waals surface area contributed by atoms with E-state index in [1.165, 1.54) is 0 Å². The number of pyridine rings is 3. The molecule has 0 unspecified atom stereocenters. The summed E-state index contributed by atoms with van der Waals surface area (Å²) in [4.78, 5) is 59.1. The van der Waals surface area contributed by atoms with E-state index in [9.17, 15) is 15.8 Å². The van der Waals surface area contributed by atoms with Crippen LogP contribution in [0.3, 0.4) is 0 Å². The number of rotatable bonds is 18. The number of aromatic nitrogens is 12. The van der Waals surface area contributed by atoms with Crippen molar-refractivity contribution in [3.05, 3.63) is 399 Å². The van der Waals surface area contributed by atoms with Gasteiger partial charge >= 0.3 is 0 Å². The van der Waals surface area contributed by atoms with Gasteiger partial charge in [0.1, 0.15) is 0 Å². The number of hydrogen-bond donors (Lipinski definition) is 0. The van der Waals surface area contributed by atoms with E-state index in [2.05, 4.69) is 182 Å². The summed E-state index contributed by atoms with van der Waals surface area (Å²) < 4.78 is 0. The van der Waals surface area contributed by atoms with Crippen molar-refractivity contribution in [2.24, 2.45) is 0 Å². The van der Waals surface area contributed by atoms with Gasteiger partial charge in [-0.2, -0.15) is 15.8 Å². The zero-order valence-electron chi connectivity index (χ0n) is 64.1. The second-order valence-electron chi connectivity index (χ2n) is 28.6. The molecule has 15 nitrogen and oxygen atoms in total. The van der Waals surface area contributed by atoms with E-state index in [4.69, 9.17) is 59.8 Å². The Hall–Kier alpha value is -17.2. The summed E-state index contributed by atoms with van der Waals surface area (Å²) in [5, 5.41) is 29.3. The first-order chi connectivity index (χ1) is 59.2. The predicted octanol–water partition coefficient (Wildman–Crippen LogP) is 24.0. The lowest BCUT2D eigenvalue weighted by Gasteiger charge is -2.18. The molecule has 0 aliphatic rings. The average Bonchev–Trinajstić information content (AvgIpc) is 0.765. The van der Waals surface area contributed by atoms with Crippen molar-refractivity contribution in [1.29, 1.82) is 15.8 Å². The van der Waals surface area contributed by atoms with Crippen LogP contribution in [0, 0.1) is 34.0 Å². The van der Waals surface area contributed by atoms with E-state index < -0.39 is 0 Å². The smallest absolute Gasteiger partial charge is 0.165 e. The summed E-state index contributed by atoms with van der Waals surface area (Å²) in [5.41, 5.74) is 26.1. The fourth-order valence-electron chi connectivity index (χ4n) is 14.8. The quantitative estimate of drug-likeness (QED) is 0.0778. The lowest BCUT2D eigenvalue weighted by atomic mass is 9.86. The van der Waals surface area contributed by atoms with Gasteiger partial charge in [0.2, 0.25) is 0 Å². The highest BCUT2D eigenvalue weighted by Crippen LogP contribution is 2.44. The van der Waals surface area contributed by atoms with Crippen LogP contribution in [0.5, 0.6) is 0 Å². The third kappa shape index (κ3) is 15.3. The average molecular weight is 1530 g/mol. The zero-order valence-corrected chi connectivity index (χ0v) is 64.1. The monoisotopic (exact) mass is 1530 g/mol. The van der Waals surface area contributed by atoms with E-state index in [-0.39, 0.29) is 0 Å². The number of benzene rings is 13. The van der Waals surface area contributed by atoms with E-state index in [1.807, 2.05) is 164 Å². The Morgan fingerprint density at radius 1 is 0.150 bits per heavy atom. The molecule has 6 aromatic heterocycles. The normalized spacial score (nSPS) is 11.0. The maximum absolute atomic E-state index is 9.76. The molecule has 0 aliphatic carbocycles. The van der Waals surface area contributed by atoms with Gasteiger partial charge in [0.05, 0.1) is 52.0 Å². The lowest BCUT2D eigenvalue weighted by molar-refractivity contribution is 1.07. The SMILES string of the molecule is N#Cc1cccc(-c2nc(-c3ccccc3)nc(-c3ccc(-c4ccc(-c5ccccc5-c5cc(-c6ccccc6-c6ccc(-c7ccc(-c8nc(-c9ccccc9)nc(-c9cccc(C#N)c9)n8)cn7)cc6)cc(-c6ccccc6-c6ccc(-c7ccc(-c8nc(-c9ccccc9)nc(-c9cccc(C#N)c9)n8)cn7)cc6)c5)cc4)nc3)n2)c1. The summed E-state index contributed by atoms with van der Waals surface area (Å²) in [6.45, 7) is 0. The molecule has 0 bridgehead atoms. The standard InChI is InChI=1S/C105H63N15/c106-61-67-19-16-28-79(55-67)100-112-97(76-22-4-1-5-23-76)115-103(118-100)82-49-52-94(109-64-82)73-43-37-70(38-44-73)88-31-10-13-34-91(88)85-58-86(92-35-14-11-32-89(92)71-39-45-74(46-40-71)95-53-50-83(65-110-95)104-116-98(77-24-6-2-7-25-77)113-101(119-104)80-29-17-20-68(56-80)62-107)60-87(59-85)93-36-15-12-33-90(93)72-41-47-75(48-42-72)96-54-51-84(66-111-96)105-117-99(78-26-8-3-9-27-78)114-102(120-105)81-30-18-21-69(57-81)63-108/h1-60,64-66H. The van der Waals surface area contributed by atoms with Gasteiger partial charge in [-0.25, -0.2) is 44.9 Å². The highest BCUT2D eigenvalue weighted by molar-refractivity contribution is 5.95. The first-order valence-corrected chi connectivity index (χ1v) is 38.9. The molecule has 15 heteroatoms. The topological polar surface area (TPSA) is 226 Å². The van der Waals surface area contributed by atoms with Crippen LogP contribution in [0.25, 0.3) is 203 Å². The maximum atomic E-state index is 9.76. The molecule has 6 heterocycles. The number of nitrogens with zero attached hydrogens (tertiary/aromatic N) is 15. The summed E-state index contributed by atoms with van der Waals surface area (Å²) in [6, 6.07) is 128. The second kappa shape index (κ2) is 32.7. The zero-order chi connectivity index (χ0) is 80.7. The molecule has 19 aromatic rings. The molecule has 0 spiro atoms. The Bertz CT molecular complexity index is 6490. The fraction of sp³-hybridized carbons (Fsp3) is 0. The van der Waals surface area contributed by atoms with E-state index in [0.717, 1.165) is 134 Å². The van der Waals surface area contributed by atoms with Crippen molar-refractivity contribution in [3.63, 3.8) is 0 Å². The summed E-state index contributed by atoms with van der Waals surface area (Å²) in [6.07, 6.45) is 5.40. The molecule has 0 aliphatic heterocycles. The Morgan fingerprint density at radius 3 is 0.583 bits per heavy atom. The van der Waals surface area contributed by atoms with Crippen LogP contribution in [0.1, 0.15) is 16.7 Å². The Labute approximate surface area is 691 Å². The maximum Gasteiger partial charge on any atom is 0.165 e. The molecule has 19 rings (SSSR count). The molecular weight excluding hydrogens is 1470 g/mol. The highest BCUT2D eigenvalue weighted by Gasteiger charge is 2.22. The molecule has 558 valence electrons. The van der Waals surface area contributed by atoms with Gasteiger partial charge in [0.15, 0.2) is 52.4 Å².